The molecule has 1 heterocycles. The maximum absolute atomic E-state index is 12.4. The van der Waals surface area contributed by atoms with E-state index in [2.05, 4.69) is 5.32 Å². The summed E-state index contributed by atoms with van der Waals surface area (Å²) in [6.45, 7) is 1.67. The Kier molecular flexibility index (Phi) is 8.61. The molecule has 2 amide bonds. The van der Waals surface area contributed by atoms with Gasteiger partial charge < -0.3 is 20.7 Å². The lowest BCUT2D eigenvalue weighted by Crippen LogP contribution is -2.44. The van der Waals surface area contributed by atoms with Gasteiger partial charge in [-0.05, 0) is 18.4 Å². The highest BCUT2D eigenvalue weighted by Crippen LogP contribution is 2.15. The van der Waals surface area contributed by atoms with Crippen molar-refractivity contribution in [1.82, 2.24) is 10.2 Å². The van der Waals surface area contributed by atoms with Crippen LogP contribution in [-0.4, -0.2) is 49.1 Å². The summed E-state index contributed by atoms with van der Waals surface area (Å²) >= 11 is 0. The number of benzene rings is 1. The molecule has 1 saturated heterocycles. The molecule has 0 aliphatic carbocycles. The van der Waals surface area contributed by atoms with E-state index in [-0.39, 0.29) is 43.4 Å². The highest BCUT2D eigenvalue weighted by atomic mass is 35.5. The summed E-state index contributed by atoms with van der Waals surface area (Å²) in [6, 6.07) is 9.79. The Bertz CT molecular complexity index is 493. The van der Waals surface area contributed by atoms with Gasteiger partial charge in [0.15, 0.2) is 0 Å². The van der Waals surface area contributed by atoms with Crippen molar-refractivity contribution in [3.63, 3.8) is 0 Å². The van der Waals surface area contributed by atoms with Gasteiger partial charge in [0.05, 0.1) is 19.2 Å². The number of carbonyl (C=O) groups excluding carboxylic acids is 2. The first kappa shape index (κ1) is 19.4. The third kappa shape index (κ3) is 6.56. The molecular weight excluding hydrogens is 318 g/mol. The van der Waals surface area contributed by atoms with Crippen LogP contribution in [0.4, 0.5) is 0 Å². The SMILES string of the molecule is Cl.NCC(=O)NCC(=O)N(Cc1ccccc1)CC1CCCO1. The van der Waals surface area contributed by atoms with Crippen molar-refractivity contribution >= 4 is 24.2 Å². The van der Waals surface area contributed by atoms with E-state index in [1.54, 1.807) is 4.90 Å². The molecule has 6 nitrogen and oxygen atoms in total. The Morgan fingerprint density at radius 3 is 2.65 bits per heavy atom. The van der Waals surface area contributed by atoms with Gasteiger partial charge in [0.25, 0.3) is 0 Å². The molecule has 0 radical (unpaired) electrons. The Morgan fingerprint density at radius 1 is 1.30 bits per heavy atom. The second-order valence-electron chi connectivity index (χ2n) is 5.38. The molecule has 128 valence electrons. The molecule has 0 aromatic heterocycles. The summed E-state index contributed by atoms with van der Waals surface area (Å²) in [6.07, 6.45) is 2.08. The van der Waals surface area contributed by atoms with Gasteiger partial charge in [-0.15, -0.1) is 12.4 Å². The van der Waals surface area contributed by atoms with Gasteiger partial charge >= 0.3 is 0 Å². The highest BCUT2D eigenvalue weighted by molar-refractivity contribution is 5.85. The van der Waals surface area contributed by atoms with E-state index in [9.17, 15) is 9.59 Å². The standard InChI is InChI=1S/C16H23N3O3.ClH/c17-9-15(20)18-10-16(21)19(12-14-7-4-8-22-14)11-13-5-2-1-3-6-13;/h1-3,5-6,14H,4,7-12,17H2,(H,18,20);1H. The van der Waals surface area contributed by atoms with Crippen LogP contribution in [0.15, 0.2) is 30.3 Å². The van der Waals surface area contributed by atoms with Crippen molar-refractivity contribution < 1.29 is 14.3 Å². The van der Waals surface area contributed by atoms with Crippen LogP contribution in [0, 0.1) is 0 Å². The zero-order valence-electron chi connectivity index (χ0n) is 13.1. The van der Waals surface area contributed by atoms with Gasteiger partial charge in [-0.2, -0.15) is 0 Å². The maximum atomic E-state index is 12.4. The molecule has 0 spiro atoms. The van der Waals surface area contributed by atoms with Crippen molar-refractivity contribution in [2.75, 3.05) is 26.2 Å². The number of carbonyl (C=O) groups is 2. The predicted molar refractivity (Wildman–Crippen MR) is 90.1 cm³/mol. The molecular formula is C16H24ClN3O3. The molecule has 0 bridgehead atoms. The minimum atomic E-state index is -0.329. The van der Waals surface area contributed by atoms with E-state index in [1.807, 2.05) is 30.3 Å². The molecule has 1 aliphatic heterocycles. The smallest absolute Gasteiger partial charge is 0.242 e. The highest BCUT2D eigenvalue weighted by Gasteiger charge is 2.22. The minimum absolute atomic E-state index is 0. The zero-order valence-corrected chi connectivity index (χ0v) is 13.9. The molecule has 3 N–H and O–H groups in total. The zero-order chi connectivity index (χ0) is 15.8. The van der Waals surface area contributed by atoms with E-state index >= 15 is 0 Å². The van der Waals surface area contributed by atoms with E-state index in [1.165, 1.54) is 0 Å². The quantitative estimate of drug-likeness (QED) is 0.764. The normalized spacial score (nSPS) is 16.5. The fraction of sp³-hybridized carbons (Fsp3) is 0.500. The Hall–Kier alpha value is -1.63. The van der Waals surface area contributed by atoms with Crippen molar-refractivity contribution in [1.29, 1.82) is 0 Å². The summed E-state index contributed by atoms with van der Waals surface area (Å²) in [5, 5.41) is 2.53. The van der Waals surface area contributed by atoms with E-state index in [0.717, 1.165) is 25.0 Å². The van der Waals surface area contributed by atoms with Crippen LogP contribution in [0.5, 0.6) is 0 Å². The number of nitrogens with zero attached hydrogens (tertiary/aromatic N) is 1. The number of amides is 2. The first-order valence-corrected chi connectivity index (χ1v) is 7.59. The van der Waals surface area contributed by atoms with Crippen LogP contribution >= 0.6 is 12.4 Å². The molecule has 1 atom stereocenters. The molecule has 1 aromatic rings. The number of nitrogens with two attached hydrogens (primary N) is 1. The summed E-state index contributed by atoms with van der Waals surface area (Å²) in [4.78, 5) is 25.3. The lowest BCUT2D eigenvalue weighted by atomic mass is 10.2. The van der Waals surface area contributed by atoms with Crippen LogP contribution in [-0.2, 0) is 20.9 Å². The Balaban J connectivity index is 0.00000264. The van der Waals surface area contributed by atoms with Crippen molar-refractivity contribution in [3.05, 3.63) is 35.9 Å². The van der Waals surface area contributed by atoms with Crippen molar-refractivity contribution in [2.45, 2.75) is 25.5 Å². The van der Waals surface area contributed by atoms with Gasteiger partial charge in [-0.3, -0.25) is 9.59 Å². The molecule has 7 heteroatoms. The van der Waals surface area contributed by atoms with Crippen LogP contribution in [0.25, 0.3) is 0 Å². The van der Waals surface area contributed by atoms with E-state index < -0.39 is 0 Å². The third-order valence-corrected chi connectivity index (χ3v) is 3.64. The number of rotatable bonds is 7. The monoisotopic (exact) mass is 341 g/mol. The average Bonchev–Trinajstić information content (AvgIpc) is 3.05. The Labute approximate surface area is 142 Å². The maximum Gasteiger partial charge on any atom is 0.242 e. The molecule has 2 rings (SSSR count). The van der Waals surface area contributed by atoms with Gasteiger partial charge in [0.1, 0.15) is 0 Å². The number of hydrogen-bond donors (Lipinski definition) is 2. The van der Waals surface area contributed by atoms with Crippen LogP contribution in [0.2, 0.25) is 0 Å². The average molecular weight is 342 g/mol. The van der Waals surface area contributed by atoms with Gasteiger partial charge in [-0.1, -0.05) is 30.3 Å². The first-order valence-electron chi connectivity index (χ1n) is 7.59. The number of nitrogens with one attached hydrogen (secondary N) is 1. The van der Waals surface area contributed by atoms with Crippen LogP contribution in [0.1, 0.15) is 18.4 Å². The third-order valence-electron chi connectivity index (χ3n) is 3.64. The largest absolute Gasteiger partial charge is 0.376 e. The van der Waals surface area contributed by atoms with Crippen molar-refractivity contribution in [3.8, 4) is 0 Å². The molecule has 1 fully saturated rings. The summed E-state index contributed by atoms with van der Waals surface area (Å²) in [5.41, 5.74) is 6.29. The summed E-state index contributed by atoms with van der Waals surface area (Å²) < 4.78 is 5.62. The van der Waals surface area contributed by atoms with Crippen LogP contribution in [0.3, 0.4) is 0 Å². The van der Waals surface area contributed by atoms with Gasteiger partial charge in [-0.25, -0.2) is 0 Å². The lowest BCUT2D eigenvalue weighted by Gasteiger charge is -2.25. The Morgan fingerprint density at radius 2 is 2.04 bits per heavy atom. The van der Waals surface area contributed by atoms with Gasteiger partial charge in [0, 0.05) is 19.7 Å². The van der Waals surface area contributed by atoms with Crippen LogP contribution < -0.4 is 11.1 Å². The summed E-state index contributed by atoms with van der Waals surface area (Å²) in [7, 11) is 0. The second kappa shape index (κ2) is 10.2. The lowest BCUT2D eigenvalue weighted by molar-refractivity contribution is -0.134. The van der Waals surface area contributed by atoms with Gasteiger partial charge in [0.2, 0.25) is 11.8 Å². The fourth-order valence-electron chi connectivity index (χ4n) is 2.45. The second-order valence-corrected chi connectivity index (χ2v) is 5.38. The molecule has 23 heavy (non-hydrogen) atoms. The number of hydrogen-bond acceptors (Lipinski definition) is 4. The summed E-state index contributed by atoms with van der Waals surface area (Å²) in [5.74, 6) is -0.453. The number of halogens is 1. The predicted octanol–water partition coefficient (Wildman–Crippen LogP) is 0.691. The molecule has 0 saturated carbocycles. The van der Waals surface area contributed by atoms with E-state index in [0.29, 0.717) is 13.1 Å². The topological polar surface area (TPSA) is 84.7 Å². The first-order chi connectivity index (χ1) is 10.7. The molecule has 1 unspecified atom stereocenters. The fourth-order valence-corrected chi connectivity index (χ4v) is 2.45. The van der Waals surface area contributed by atoms with E-state index in [4.69, 9.17) is 10.5 Å². The van der Waals surface area contributed by atoms with Crippen molar-refractivity contribution in [2.24, 2.45) is 5.73 Å². The molecule has 1 aromatic carbocycles. The molecule has 1 aliphatic rings. The number of ether oxygens (including phenoxy) is 1. The minimum Gasteiger partial charge on any atom is -0.376 e.